The lowest BCUT2D eigenvalue weighted by Crippen LogP contribution is -2.36. The molecule has 2 aromatic heterocycles. The van der Waals surface area contributed by atoms with Gasteiger partial charge in [0.2, 0.25) is 5.95 Å². The average molecular weight is 496 g/mol. The molecule has 0 radical (unpaired) electrons. The predicted octanol–water partition coefficient (Wildman–Crippen LogP) is 4.28. The van der Waals surface area contributed by atoms with Gasteiger partial charge in [-0.3, -0.25) is 4.79 Å². The molecule has 0 saturated carbocycles. The van der Waals surface area contributed by atoms with Crippen LogP contribution in [0.4, 0.5) is 21.7 Å². The topological polar surface area (TPSA) is 81.5 Å². The second kappa shape index (κ2) is 9.89. The molecule has 4 aromatic rings. The van der Waals surface area contributed by atoms with Gasteiger partial charge in [0, 0.05) is 41.6 Å². The number of hydrogen-bond acceptors (Lipinski definition) is 7. The zero-order valence-corrected chi connectivity index (χ0v) is 19.8. The minimum absolute atomic E-state index is 0.0112. The lowest BCUT2D eigenvalue weighted by atomic mass is 10.1. The quantitative estimate of drug-likeness (QED) is 0.427. The first-order valence-electron chi connectivity index (χ1n) is 11.3. The molecule has 0 aliphatic carbocycles. The van der Waals surface area contributed by atoms with Crippen molar-refractivity contribution in [2.24, 2.45) is 0 Å². The molecule has 0 bridgehead atoms. The summed E-state index contributed by atoms with van der Waals surface area (Å²) >= 11 is 6.21. The summed E-state index contributed by atoms with van der Waals surface area (Å²) in [6.07, 6.45) is 1.56. The second-order valence-electron chi connectivity index (χ2n) is 7.92. The number of pyridine rings is 1. The number of fused-ring (bicyclic) bond motifs is 1. The van der Waals surface area contributed by atoms with Crippen LogP contribution in [0.3, 0.4) is 0 Å². The highest BCUT2D eigenvalue weighted by Gasteiger charge is 2.19. The minimum Gasteiger partial charge on any atom is -0.409 e. The van der Waals surface area contributed by atoms with Crippen LogP contribution in [-0.4, -0.2) is 47.6 Å². The monoisotopic (exact) mass is 495 g/mol. The van der Waals surface area contributed by atoms with E-state index in [2.05, 4.69) is 20.2 Å². The van der Waals surface area contributed by atoms with Gasteiger partial charge >= 0.3 is 0 Å². The number of benzene rings is 2. The van der Waals surface area contributed by atoms with E-state index in [0.29, 0.717) is 11.3 Å². The van der Waals surface area contributed by atoms with Crippen molar-refractivity contribution in [1.82, 2.24) is 14.7 Å². The summed E-state index contributed by atoms with van der Waals surface area (Å²) in [4.78, 5) is 30.0. The molecule has 1 N–H and O–H groups in total. The van der Waals surface area contributed by atoms with E-state index in [1.807, 2.05) is 24.3 Å². The average Bonchev–Trinajstić information content (AvgIpc) is 2.87. The molecule has 10 heteroatoms. The highest BCUT2D eigenvalue weighted by Crippen LogP contribution is 2.30. The summed E-state index contributed by atoms with van der Waals surface area (Å²) in [5, 5.41) is 3.79. The fourth-order valence-electron chi connectivity index (χ4n) is 4.02. The van der Waals surface area contributed by atoms with Crippen molar-refractivity contribution in [1.29, 1.82) is 0 Å². The van der Waals surface area contributed by atoms with E-state index in [1.54, 1.807) is 13.1 Å². The normalized spacial score (nSPS) is 13.7. The third kappa shape index (κ3) is 4.65. The van der Waals surface area contributed by atoms with Crippen molar-refractivity contribution < 1.29 is 14.0 Å². The zero-order chi connectivity index (χ0) is 24.4. The van der Waals surface area contributed by atoms with Gasteiger partial charge in [-0.2, -0.15) is 4.98 Å². The fourth-order valence-corrected chi connectivity index (χ4v) is 4.28. The Labute approximate surface area is 205 Å². The molecule has 1 aliphatic rings. The molecule has 180 valence electrons. The maximum Gasteiger partial charge on any atom is 0.293 e. The summed E-state index contributed by atoms with van der Waals surface area (Å²) < 4.78 is 21.0. The second-order valence-corrected chi connectivity index (χ2v) is 8.32. The highest BCUT2D eigenvalue weighted by atomic mass is 35.5. The maximum atomic E-state index is 14.6. The molecule has 1 aliphatic heterocycles. The number of anilines is 3. The molecule has 5 rings (SSSR count). The number of hydrogen-bond donors (Lipinski definition) is 1. The van der Waals surface area contributed by atoms with E-state index in [1.165, 1.54) is 24.3 Å². The van der Waals surface area contributed by atoms with E-state index in [0.717, 1.165) is 42.4 Å². The number of halogens is 2. The fraction of sp³-hybridized carbons (Fsp3) is 0.240. The van der Waals surface area contributed by atoms with E-state index in [4.69, 9.17) is 21.2 Å². The van der Waals surface area contributed by atoms with Gasteiger partial charge in [0.15, 0.2) is 5.65 Å². The zero-order valence-electron chi connectivity index (χ0n) is 19.0. The Kier molecular flexibility index (Phi) is 6.52. The van der Waals surface area contributed by atoms with Crippen LogP contribution in [0, 0.1) is 5.82 Å². The van der Waals surface area contributed by atoms with Gasteiger partial charge in [0.1, 0.15) is 12.4 Å². The van der Waals surface area contributed by atoms with Crippen LogP contribution in [0.1, 0.15) is 6.92 Å². The smallest absolute Gasteiger partial charge is 0.293 e. The Balaban J connectivity index is 1.50. The SMILES string of the molecule is CCOn1c(=O)c(-c2c(F)cccc2Cl)cc2cnc(Nc3ccc(N4CCOCC4)cc3)nc21. The third-order valence-corrected chi connectivity index (χ3v) is 6.01. The van der Waals surface area contributed by atoms with E-state index in [-0.39, 0.29) is 28.4 Å². The Hall–Kier alpha value is -3.69. The number of nitrogens with zero attached hydrogens (tertiary/aromatic N) is 4. The first-order valence-corrected chi connectivity index (χ1v) is 11.6. The molecule has 0 amide bonds. The number of morpholine rings is 1. The summed E-state index contributed by atoms with van der Waals surface area (Å²) in [5.74, 6) is -0.308. The van der Waals surface area contributed by atoms with Gasteiger partial charge in [-0.25, -0.2) is 9.37 Å². The van der Waals surface area contributed by atoms with Crippen LogP contribution in [0.2, 0.25) is 5.02 Å². The molecular formula is C25H23ClFN5O3. The van der Waals surface area contributed by atoms with Gasteiger partial charge in [0.25, 0.3) is 5.56 Å². The van der Waals surface area contributed by atoms with Gasteiger partial charge < -0.3 is 19.8 Å². The maximum absolute atomic E-state index is 14.6. The van der Waals surface area contributed by atoms with Gasteiger partial charge in [-0.1, -0.05) is 17.7 Å². The van der Waals surface area contributed by atoms with E-state index < -0.39 is 11.4 Å². The van der Waals surface area contributed by atoms with Crippen LogP contribution >= 0.6 is 11.6 Å². The van der Waals surface area contributed by atoms with Crippen molar-refractivity contribution in [3.63, 3.8) is 0 Å². The number of ether oxygens (including phenoxy) is 1. The largest absolute Gasteiger partial charge is 0.409 e. The molecule has 0 atom stereocenters. The number of nitrogens with one attached hydrogen (secondary N) is 1. The molecule has 8 nitrogen and oxygen atoms in total. The predicted molar refractivity (Wildman–Crippen MR) is 134 cm³/mol. The summed E-state index contributed by atoms with van der Waals surface area (Å²) in [6.45, 7) is 5.11. The Morgan fingerprint density at radius 3 is 2.66 bits per heavy atom. The minimum atomic E-state index is -0.600. The standard InChI is InChI=1S/C25H23ClFN5O3/c1-2-35-32-23-16(14-19(24(32)33)22-20(26)4-3-5-21(22)27)15-28-25(30-23)29-17-6-8-18(9-7-17)31-10-12-34-13-11-31/h3-9,14-15H,2,10-13H2,1H3,(H,28,29,30). The van der Waals surface area contributed by atoms with Crippen molar-refractivity contribution in [3.05, 3.63) is 75.9 Å². The van der Waals surface area contributed by atoms with E-state index >= 15 is 0 Å². The van der Waals surface area contributed by atoms with Crippen LogP contribution in [0.15, 0.2) is 59.5 Å². The molecule has 3 heterocycles. The summed E-state index contributed by atoms with van der Waals surface area (Å²) in [7, 11) is 0. The van der Waals surface area contributed by atoms with Crippen molar-refractivity contribution in [3.8, 4) is 11.1 Å². The highest BCUT2D eigenvalue weighted by molar-refractivity contribution is 6.33. The number of aromatic nitrogens is 3. The molecule has 0 unspecified atom stereocenters. The molecule has 1 saturated heterocycles. The lowest BCUT2D eigenvalue weighted by Gasteiger charge is -2.28. The third-order valence-electron chi connectivity index (χ3n) is 5.69. The van der Waals surface area contributed by atoms with Crippen LogP contribution in [0.5, 0.6) is 0 Å². The van der Waals surface area contributed by atoms with Gasteiger partial charge in [-0.05, 0) is 49.4 Å². The van der Waals surface area contributed by atoms with Crippen molar-refractivity contribution >= 4 is 40.0 Å². The Morgan fingerprint density at radius 1 is 1.17 bits per heavy atom. The number of rotatable bonds is 6. The van der Waals surface area contributed by atoms with Crippen LogP contribution in [-0.2, 0) is 4.74 Å². The van der Waals surface area contributed by atoms with E-state index in [9.17, 15) is 9.18 Å². The first kappa shape index (κ1) is 23.1. The molecule has 0 spiro atoms. The Bertz CT molecular complexity index is 1400. The summed E-state index contributed by atoms with van der Waals surface area (Å²) in [5.41, 5.74) is 1.68. The van der Waals surface area contributed by atoms with Crippen molar-refractivity contribution in [2.45, 2.75) is 6.92 Å². The van der Waals surface area contributed by atoms with Crippen LogP contribution in [0.25, 0.3) is 22.2 Å². The lowest BCUT2D eigenvalue weighted by molar-refractivity contribution is 0.122. The van der Waals surface area contributed by atoms with Crippen LogP contribution < -0.4 is 20.6 Å². The van der Waals surface area contributed by atoms with Crippen molar-refractivity contribution in [2.75, 3.05) is 43.1 Å². The molecule has 2 aromatic carbocycles. The van der Waals surface area contributed by atoms with Gasteiger partial charge in [-0.15, -0.1) is 4.73 Å². The molecule has 1 fully saturated rings. The van der Waals surface area contributed by atoms with Gasteiger partial charge in [0.05, 0.1) is 23.8 Å². The first-order chi connectivity index (χ1) is 17.0. The molecular weight excluding hydrogens is 473 g/mol. The molecule has 35 heavy (non-hydrogen) atoms. The Morgan fingerprint density at radius 2 is 1.94 bits per heavy atom. The summed E-state index contributed by atoms with van der Waals surface area (Å²) in [6, 6.07) is 13.7.